The van der Waals surface area contributed by atoms with E-state index in [1.807, 2.05) is 0 Å². The minimum atomic E-state index is -0.533. The maximum Gasteiger partial charge on any atom is 0.319 e. The fourth-order valence-electron chi connectivity index (χ4n) is 1.15. The highest BCUT2D eigenvalue weighted by molar-refractivity contribution is 5.89. The highest BCUT2D eigenvalue weighted by Gasteiger charge is 2.07. The molecule has 0 unspecified atom stereocenters. The molecule has 0 radical (unpaired) electrons. The second kappa shape index (κ2) is 6.44. The molecule has 0 saturated heterocycles. The van der Waals surface area contributed by atoms with Crippen molar-refractivity contribution in [1.82, 2.24) is 5.32 Å². The third-order valence-electron chi connectivity index (χ3n) is 1.94. The molecule has 1 aromatic carbocycles. The number of benzene rings is 1. The van der Waals surface area contributed by atoms with Gasteiger partial charge in [0.15, 0.2) is 0 Å². The standard InChI is InChI=1S/C10H13N3O4/c14-6-2-5-11-10(15)12-8-3-1-4-9(7-8)13(16)17/h1,3-4,7,14H,2,5-6H2,(H2,11,12,15). The number of rotatable bonds is 5. The minimum absolute atomic E-state index is 0.00289. The number of nitro groups is 1. The predicted octanol–water partition coefficient (Wildman–Crippen LogP) is 1.10. The summed E-state index contributed by atoms with van der Waals surface area (Å²) in [6.07, 6.45) is 0.461. The third-order valence-corrected chi connectivity index (χ3v) is 1.94. The topological polar surface area (TPSA) is 104 Å². The van der Waals surface area contributed by atoms with E-state index in [1.54, 1.807) is 6.07 Å². The lowest BCUT2D eigenvalue weighted by Gasteiger charge is -2.06. The monoisotopic (exact) mass is 239 g/mol. The van der Waals surface area contributed by atoms with Crippen LogP contribution in [0.1, 0.15) is 6.42 Å². The lowest BCUT2D eigenvalue weighted by molar-refractivity contribution is -0.384. The summed E-state index contributed by atoms with van der Waals surface area (Å²) in [6.45, 7) is 0.342. The first-order chi connectivity index (χ1) is 8.13. The molecular formula is C10H13N3O4. The molecule has 0 aliphatic rings. The maximum atomic E-state index is 11.3. The van der Waals surface area contributed by atoms with Crippen LogP contribution in [0, 0.1) is 10.1 Å². The number of amides is 2. The lowest BCUT2D eigenvalue weighted by Crippen LogP contribution is -2.29. The molecular weight excluding hydrogens is 226 g/mol. The molecule has 0 aliphatic heterocycles. The van der Waals surface area contributed by atoms with Crippen molar-refractivity contribution in [3.63, 3.8) is 0 Å². The van der Waals surface area contributed by atoms with E-state index >= 15 is 0 Å². The molecule has 17 heavy (non-hydrogen) atoms. The Hall–Kier alpha value is -2.15. The summed E-state index contributed by atoms with van der Waals surface area (Å²) in [7, 11) is 0. The summed E-state index contributed by atoms with van der Waals surface area (Å²) in [5.74, 6) is 0. The predicted molar refractivity (Wildman–Crippen MR) is 61.8 cm³/mol. The van der Waals surface area contributed by atoms with Gasteiger partial charge in [0, 0.05) is 31.0 Å². The smallest absolute Gasteiger partial charge is 0.319 e. The third kappa shape index (κ3) is 4.47. The van der Waals surface area contributed by atoms with E-state index in [4.69, 9.17) is 5.11 Å². The number of nitrogens with zero attached hydrogens (tertiary/aromatic N) is 1. The molecule has 1 aromatic rings. The van der Waals surface area contributed by atoms with Crippen molar-refractivity contribution in [2.75, 3.05) is 18.5 Å². The Balaban J connectivity index is 2.53. The van der Waals surface area contributed by atoms with E-state index < -0.39 is 11.0 Å². The van der Waals surface area contributed by atoms with Crippen LogP contribution in [0.5, 0.6) is 0 Å². The molecule has 7 heteroatoms. The van der Waals surface area contributed by atoms with Gasteiger partial charge in [-0.3, -0.25) is 10.1 Å². The van der Waals surface area contributed by atoms with Crippen LogP contribution in [0.3, 0.4) is 0 Å². The molecule has 3 N–H and O–H groups in total. The van der Waals surface area contributed by atoms with Crippen LogP contribution in [-0.2, 0) is 0 Å². The van der Waals surface area contributed by atoms with Gasteiger partial charge in [0.2, 0.25) is 0 Å². The van der Waals surface area contributed by atoms with Gasteiger partial charge in [0.1, 0.15) is 0 Å². The summed E-state index contributed by atoms with van der Waals surface area (Å²) < 4.78 is 0. The van der Waals surface area contributed by atoms with Gasteiger partial charge in [0.25, 0.3) is 5.69 Å². The first kappa shape index (κ1) is 12.9. The summed E-state index contributed by atoms with van der Waals surface area (Å²) in [5, 5.41) is 24.0. The summed E-state index contributed by atoms with van der Waals surface area (Å²) in [4.78, 5) is 21.3. The van der Waals surface area contributed by atoms with Gasteiger partial charge in [-0.2, -0.15) is 0 Å². The van der Waals surface area contributed by atoms with Crippen LogP contribution in [0.4, 0.5) is 16.2 Å². The van der Waals surface area contributed by atoms with Crippen molar-refractivity contribution in [2.45, 2.75) is 6.42 Å². The van der Waals surface area contributed by atoms with Crippen LogP contribution in [0.15, 0.2) is 24.3 Å². The number of nitro benzene ring substituents is 1. The number of hydrogen-bond acceptors (Lipinski definition) is 4. The molecule has 0 aliphatic carbocycles. The van der Waals surface area contributed by atoms with Crippen LogP contribution in [0.2, 0.25) is 0 Å². The molecule has 0 bridgehead atoms. The van der Waals surface area contributed by atoms with Crippen molar-refractivity contribution in [2.24, 2.45) is 0 Å². The van der Waals surface area contributed by atoms with Gasteiger partial charge in [0.05, 0.1) is 4.92 Å². The first-order valence-corrected chi connectivity index (χ1v) is 5.03. The fourth-order valence-corrected chi connectivity index (χ4v) is 1.15. The quantitative estimate of drug-likeness (QED) is 0.406. The van der Waals surface area contributed by atoms with E-state index in [9.17, 15) is 14.9 Å². The number of aliphatic hydroxyl groups excluding tert-OH is 1. The summed E-state index contributed by atoms with van der Waals surface area (Å²) >= 11 is 0. The Bertz CT molecular complexity index is 408. The lowest BCUT2D eigenvalue weighted by atomic mass is 10.3. The maximum absolute atomic E-state index is 11.3. The van der Waals surface area contributed by atoms with Crippen molar-refractivity contribution in [3.05, 3.63) is 34.4 Å². The van der Waals surface area contributed by atoms with Gasteiger partial charge in [-0.15, -0.1) is 0 Å². The molecule has 92 valence electrons. The van der Waals surface area contributed by atoms with Crippen molar-refractivity contribution < 1.29 is 14.8 Å². The molecule has 0 heterocycles. The molecule has 1 rings (SSSR count). The number of hydrogen-bond donors (Lipinski definition) is 3. The Kier molecular flexibility index (Phi) is 4.89. The molecule has 7 nitrogen and oxygen atoms in total. The zero-order valence-electron chi connectivity index (χ0n) is 9.05. The number of carbonyl (C=O) groups is 1. The number of aliphatic hydroxyl groups is 1. The summed E-state index contributed by atoms with van der Waals surface area (Å²) in [6, 6.07) is 5.19. The Morgan fingerprint density at radius 1 is 1.47 bits per heavy atom. The molecule has 0 atom stereocenters. The zero-order chi connectivity index (χ0) is 12.7. The largest absolute Gasteiger partial charge is 0.396 e. The molecule has 0 fully saturated rings. The van der Waals surface area contributed by atoms with Crippen LogP contribution in [0.25, 0.3) is 0 Å². The Morgan fingerprint density at radius 3 is 2.88 bits per heavy atom. The van der Waals surface area contributed by atoms with Crippen LogP contribution >= 0.6 is 0 Å². The zero-order valence-corrected chi connectivity index (χ0v) is 9.05. The molecule has 0 aromatic heterocycles. The summed E-state index contributed by atoms with van der Waals surface area (Å²) in [5.41, 5.74) is 0.263. The number of carbonyl (C=O) groups excluding carboxylic acids is 1. The van der Waals surface area contributed by atoms with Crippen LogP contribution in [-0.4, -0.2) is 29.2 Å². The van der Waals surface area contributed by atoms with Gasteiger partial charge in [-0.25, -0.2) is 4.79 Å². The van der Waals surface area contributed by atoms with E-state index in [0.717, 1.165) is 0 Å². The average Bonchev–Trinajstić information content (AvgIpc) is 2.29. The van der Waals surface area contributed by atoms with E-state index in [0.29, 0.717) is 18.7 Å². The number of nitrogens with one attached hydrogen (secondary N) is 2. The number of urea groups is 1. The average molecular weight is 239 g/mol. The van der Waals surface area contributed by atoms with Crippen molar-refractivity contribution >= 4 is 17.4 Å². The van der Waals surface area contributed by atoms with Gasteiger partial charge in [-0.05, 0) is 12.5 Å². The molecule has 0 saturated carbocycles. The van der Waals surface area contributed by atoms with E-state index in [1.165, 1.54) is 18.2 Å². The van der Waals surface area contributed by atoms with Gasteiger partial charge >= 0.3 is 6.03 Å². The molecule has 0 spiro atoms. The highest BCUT2D eigenvalue weighted by atomic mass is 16.6. The van der Waals surface area contributed by atoms with Crippen molar-refractivity contribution in [1.29, 1.82) is 0 Å². The normalized spacial score (nSPS) is 9.71. The number of non-ortho nitro benzene ring substituents is 1. The second-order valence-corrected chi connectivity index (χ2v) is 3.27. The Labute approximate surface area is 97.6 Å². The van der Waals surface area contributed by atoms with E-state index in [-0.39, 0.29) is 12.3 Å². The van der Waals surface area contributed by atoms with Crippen molar-refractivity contribution in [3.8, 4) is 0 Å². The van der Waals surface area contributed by atoms with Gasteiger partial charge in [-0.1, -0.05) is 6.07 Å². The number of anilines is 1. The molecule has 2 amide bonds. The fraction of sp³-hybridized carbons (Fsp3) is 0.300. The first-order valence-electron chi connectivity index (χ1n) is 5.03. The second-order valence-electron chi connectivity index (χ2n) is 3.27. The SMILES string of the molecule is O=C(NCCCO)Nc1cccc([N+](=O)[O-])c1. The minimum Gasteiger partial charge on any atom is -0.396 e. The highest BCUT2D eigenvalue weighted by Crippen LogP contribution is 2.16. The van der Waals surface area contributed by atoms with Gasteiger partial charge < -0.3 is 15.7 Å². The van der Waals surface area contributed by atoms with Crippen LogP contribution < -0.4 is 10.6 Å². The van der Waals surface area contributed by atoms with E-state index in [2.05, 4.69) is 10.6 Å². The Morgan fingerprint density at radius 2 is 2.24 bits per heavy atom.